The third-order valence-corrected chi connectivity index (χ3v) is 3.65. The maximum atomic E-state index is 11.9. The van der Waals surface area contributed by atoms with Crippen LogP contribution in [0.3, 0.4) is 0 Å². The van der Waals surface area contributed by atoms with Crippen LogP contribution in [0.15, 0.2) is 16.6 Å². The lowest BCUT2D eigenvalue weighted by Gasteiger charge is -2.20. The molecule has 0 bridgehead atoms. The number of halogens is 1. The van der Waals surface area contributed by atoms with Crippen LogP contribution in [0.4, 0.5) is 5.69 Å². The van der Waals surface area contributed by atoms with E-state index in [9.17, 15) is 9.59 Å². The quantitative estimate of drug-likeness (QED) is 0.838. The number of amides is 1. The molecule has 0 aromatic heterocycles. The third-order valence-electron chi connectivity index (χ3n) is 3.20. The van der Waals surface area contributed by atoms with Gasteiger partial charge in [0.1, 0.15) is 0 Å². The fraction of sp³-hybridized carbons (Fsp3) is 0.385. The number of methoxy groups -OCH3 is 1. The van der Waals surface area contributed by atoms with Crippen LogP contribution in [0.1, 0.15) is 22.3 Å². The standard InChI is InChI=1S/C13H15BrN2O3/c1-7-10(13(18)19-2)3-8(14)4-11(7)16-6-9(15)5-12(16)17/h3-4,9H,5-6,15H2,1-2H3. The Hall–Kier alpha value is -1.40. The van der Waals surface area contributed by atoms with Crippen LogP contribution < -0.4 is 10.6 Å². The van der Waals surface area contributed by atoms with E-state index in [-0.39, 0.29) is 11.9 Å². The molecule has 1 aliphatic rings. The number of benzene rings is 1. The van der Waals surface area contributed by atoms with Gasteiger partial charge in [-0.2, -0.15) is 0 Å². The molecule has 1 amide bonds. The van der Waals surface area contributed by atoms with Crippen LogP contribution in [-0.2, 0) is 9.53 Å². The molecule has 2 rings (SSSR count). The van der Waals surface area contributed by atoms with Gasteiger partial charge in [-0.25, -0.2) is 4.79 Å². The predicted octanol–water partition coefficient (Wildman–Crippen LogP) is 1.61. The smallest absolute Gasteiger partial charge is 0.338 e. The van der Waals surface area contributed by atoms with Gasteiger partial charge in [0, 0.05) is 29.2 Å². The van der Waals surface area contributed by atoms with Gasteiger partial charge in [0.2, 0.25) is 5.91 Å². The first-order chi connectivity index (χ1) is 8.93. The average Bonchev–Trinajstić information content (AvgIpc) is 2.70. The highest BCUT2D eigenvalue weighted by Gasteiger charge is 2.30. The van der Waals surface area contributed by atoms with Crippen molar-refractivity contribution in [2.75, 3.05) is 18.6 Å². The molecule has 1 aliphatic heterocycles. The fourth-order valence-corrected chi connectivity index (χ4v) is 2.68. The first-order valence-corrected chi connectivity index (χ1v) is 6.67. The molecule has 102 valence electrons. The van der Waals surface area contributed by atoms with Crippen LogP contribution in [-0.4, -0.2) is 31.6 Å². The van der Waals surface area contributed by atoms with Gasteiger partial charge in [0.15, 0.2) is 0 Å². The number of rotatable bonds is 2. The van der Waals surface area contributed by atoms with Crippen LogP contribution in [0.2, 0.25) is 0 Å². The summed E-state index contributed by atoms with van der Waals surface area (Å²) in [7, 11) is 1.33. The van der Waals surface area contributed by atoms with Crippen molar-refractivity contribution in [2.24, 2.45) is 5.73 Å². The molecule has 1 fully saturated rings. The van der Waals surface area contributed by atoms with E-state index in [4.69, 9.17) is 10.5 Å². The number of esters is 1. The van der Waals surface area contributed by atoms with E-state index in [0.29, 0.717) is 24.2 Å². The van der Waals surface area contributed by atoms with E-state index in [2.05, 4.69) is 15.9 Å². The summed E-state index contributed by atoms with van der Waals surface area (Å²) in [5.74, 6) is -0.444. The number of nitrogens with zero attached hydrogens (tertiary/aromatic N) is 1. The Labute approximate surface area is 119 Å². The number of carbonyl (C=O) groups is 2. The highest BCUT2D eigenvalue weighted by Crippen LogP contribution is 2.31. The Bertz CT molecular complexity index is 545. The molecule has 1 aromatic carbocycles. The van der Waals surface area contributed by atoms with Crippen molar-refractivity contribution in [3.63, 3.8) is 0 Å². The first kappa shape index (κ1) is 14.0. The molecule has 1 heterocycles. The SMILES string of the molecule is COC(=O)c1cc(Br)cc(N2CC(N)CC2=O)c1C. The van der Waals surface area contributed by atoms with Crippen molar-refractivity contribution in [1.82, 2.24) is 0 Å². The van der Waals surface area contributed by atoms with Gasteiger partial charge in [0.25, 0.3) is 0 Å². The zero-order chi connectivity index (χ0) is 14.2. The van der Waals surface area contributed by atoms with Gasteiger partial charge in [-0.05, 0) is 24.6 Å². The van der Waals surface area contributed by atoms with Crippen molar-refractivity contribution >= 4 is 33.5 Å². The number of ether oxygens (including phenoxy) is 1. The summed E-state index contributed by atoms with van der Waals surface area (Å²) >= 11 is 3.35. The summed E-state index contributed by atoms with van der Waals surface area (Å²) in [5.41, 5.74) is 7.67. The molecule has 6 heteroatoms. The van der Waals surface area contributed by atoms with Gasteiger partial charge in [-0.3, -0.25) is 4.79 Å². The minimum absolute atomic E-state index is 0.0236. The van der Waals surface area contributed by atoms with Crippen LogP contribution >= 0.6 is 15.9 Å². The third kappa shape index (κ3) is 2.64. The summed E-state index contributed by atoms with van der Waals surface area (Å²) in [6.45, 7) is 2.27. The van der Waals surface area contributed by atoms with Gasteiger partial charge >= 0.3 is 5.97 Å². The van der Waals surface area contributed by atoms with E-state index in [1.807, 2.05) is 6.07 Å². The zero-order valence-corrected chi connectivity index (χ0v) is 12.4. The molecular weight excluding hydrogens is 312 g/mol. The second kappa shape index (κ2) is 5.30. The largest absolute Gasteiger partial charge is 0.465 e. The fourth-order valence-electron chi connectivity index (χ4n) is 2.24. The Morgan fingerprint density at radius 2 is 2.21 bits per heavy atom. The normalized spacial score (nSPS) is 18.8. The summed E-state index contributed by atoms with van der Waals surface area (Å²) in [4.78, 5) is 25.3. The highest BCUT2D eigenvalue weighted by atomic mass is 79.9. The molecule has 1 unspecified atom stereocenters. The van der Waals surface area contributed by atoms with Crippen LogP contribution in [0.25, 0.3) is 0 Å². The minimum atomic E-state index is -0.420. The highest BCUT2D eigenvalue weighted by molar-refractivity contribution is 9.10. The van der Waals surface area contributed by atoms with E-state index in [1.54, 1.807) is 17.9 Å². The summed E-state index contributed by atoms with van der Waals surface area (Å²) in [5, 5.41) is 0. The average molecular weight is 327 g/mol. The molecule has 1 atom stereocenters. The Morgan fingerprint density at radius 3 is 2.74 bits per heavy atom. The molecule has 2 N–H and O–H groups in total. The van der Waals surface area contributed by atoms with Crippen molar-refractivity contribution in [2.45, 2.75) is 19.4 Å². The van der Waals surface area contributed by atoms with Gasteiger partial charge in [0.05, 0.1) is 12.7 Å². The monoisotopic (exact) mass is 326 g/mol. The predicted molar refractivity (Wildman–Crippen MR) is 75.2 cm³/mol. The molecule has 19 heavy (non-hydrogen) atoms. The molecule has 0 radical (unpaired) electrons. The van der Waals surface area contributed by atoms with Crippen LogP contribution in [0.5, 0.6) is 0 Å². The molecule has 0 aliphatic carbocycles. The lowest BCUT2D eigenvalue weighted by atomic mass is 10.1. The summed E-state index contributed by atoms with van der Waals surface area (Å²) in [6.07, 6.45) is 0.333. The van der Waals surface area contributed by atoms with E-state index in [0.717, 1.165) is 10.0 Å². The maximum Gasteiger partial charge on any atom is 0.338 e. The Kier molecular flexibility index (Phi) is 3.91. The Morgan fingerprint density at radius 1 is 1.53 bits per heavy atom. The molecule has 0 spiro atoms. The molecule has 5 nitrogen and oxygen atoms in total. The van der Waals surface area contributed by atoms with Gasteiger partial charge < -0.3 is 15.4 Å². The van der Waals surface area contributed by atoms with E-state index in [1.165, 1.54) is 7.11 Å². The molecule has 1 saturated heterocycles. The topological polar surface area (TPSA) is 72.6 Å². The molecular formula is C13H15BrN2O3. The van der Waals surface area contributed by atoms with Crippen LogP contribution in [0, 0.1) is 6.92 Å². The van der Waals surface area contributed by atoms with Gasteiger partial charge in [-0.1, -0.05) is 15.9 Å². The van der Waals surface area contributed by atoms with Crippen molar-refractivity contribution in [3.8, 4) is 0 Å². The number of hydrogen-bond acceptors (Lipinski definition) is 4. The van der Waals surface area contributed by atoms with Crippen molar-refractivity contribution in [1.29, 1.82) is 0 Å². The Balaban J connectivity index is 2.49. The molecule has 0 saturated carbocycles. The summed E-state index contributed by atoms with van der Waals surface area (Å²) in [6, 6.07) is 3.34. The second-order valence-electron chi connectivity index (χ2n) is 4.56. The number of nitrogens with two attached hydrogens (primary N) is 1. The maximum absolute atomic E-state index is 11.9. The van der Waals surface area contributed by atoms with E-state index >= 15 is 0 Å². The first-order valence-electron chi connectivity index (χ1n) is 5.88. The molecule has 1 aromatic rings. The lowest BCUT2D eigenvalue weighted by Crippen LogP contribution is -2.29. The lowest BCUT2D eigenvalue weighted by molar-refractivity contribution is -0.117. The zero-order valence-electron chi connectivity index (χ0n) is 10.8. The number of carbonyl (C=O) groups excluding carboxylic acids is 2. The van der Waals surface area contributed by atoms with Gasteiger partial charge in [-0.15, -0.1) is 0 Å². The van der Waals surface area contributed by atoms with Crippen molar-refractivity contribution < 1.29 is 14.3 Å². The van der Waals surface area contributed by atoms with Crippen molar-refractivity contribution in [3.05, 3.63) is 27.7 Å². The second-order valence-corrected chi connectivity index (χ2v) is 5.47. The van der Waals surface area contributed by atoms with E-state index < -0.39 is 5.97 Å². The minimum Gasteiger partial charge on any atom is -0.465 e. The number of anilines is 1. The number of hydrogen-bond donors (Lipinski definition) is 1. The summed E-state index contributed by atoms with van der Waals surface area (Å²) < 4.78 is 5.47.